The van der Waals surface area contributed by atoms with Gasteiger partial charge in [-0.2, -0.15) is 5.26 Å². The third-order valence-corrected chi connectivity index (χ3v) is 5.85. The van der Waals surface area contributed by atoms with Gasteiger partial charge in [0.05, 0.1) is 18.3 Å². The minimum Gasteiger partial charge on any atom is -0.364 e. The molecule has 0 amide bonds. The van der Waals surface area contributed by atoms with Crippen molar-refractivity contribution in [2.75, 3.05) is 39.8 Å². The number of unbranched alkanes of at least 4 members (excludes halogenated alkanes) is 2. The lowest BCUT2D eigenvalue weighted by Crippen LogP contribution is -2.44. The minimum atomic E-state index is 0.124. The van der Waals surface area contributed by atoms with Crippen molar-refractivity contribution in [1.82, 2.24) is 14.7 Å². The molecule has 0 radical (unpaired) electrons. The first-order chi connectivity index (χ1) is 14.5. The Morgan fingerprint density at radius 1 is 1.33 bits per heavy atom. The lowest BCUT2D eigenvalue weighted by Gasteiger charge is -2.41. The maximum Gasteiger partial charge on any atom is 0.175 e. The standard InChI is InChI=1S/C25H38N4O/c1-5-6-7-13-24(22(3)30)29-19-18-28(20-21(29)2)25(23-11-8-12-23)14-9-16-27(4)17-10-15-26/h9,13-14H,2,5-8,10-12,16-20H2,1,3-4H3/b14-9+,24-13-. The molecule has 2 rings (SSSR count). The van der Waals surface area contributed by atoms with Crippen LogP contribution in [0.4, 0.5) is 0 Å². The Morgan fingerprint density at radius 2 is 2.10 bits per heavy atom. The van der Waals surface area contributed by atoms with Crippen molar-refractivity contribution in [1.29, 1.82) is 5.26 Å². The van der Waals surface area contributed by atoms with E-state index in [0.717, 1.165) is 63.4 Å². The van der Waals surface area contributed by atoms with Gasteiger partial charge in [0, 0.05) is 50.9 Å². The molecule has 0 bridgehead atoms. The third kappa shape index (κ3) is 6.88. The van der Waals surface area contributed by atoms with Crippen molar-refractivity contribution in [3.05, 3.63) is 47.5 Å². The summed E-state index contributed by atoms with van der Waals surface area (Å²) in [5.41, 5.74) is 4.66. The number of ketones is 1. The predicted molar refractivity (Wildman–Crippen MR) is 123 cm³/mol. The van der Waals surface area contributed by atoms with E-state index in [9.17, 15) is 4.79 Å². The number of nitrogens with zero attached hydrogens (tertiary/aromatic N) is 4. The van der Waals surface area contributed by atoms with Crippen molar-refractivity contribution in [3.8, 4) is 6.07 Å². The lowest BCUT2D eigenvalue weighted by molar-refractivity contribution is -0.115. The van der Waals surface area contributed by atoms with E-state index in [1.54, 1.807) is 6.92 Å². The van der Waals surface area contributed by atoms with Crippen LogP contribution in [0.15, 0.2) is 47.5 Å². The van der Waals surface area contributed by atoms with E-state index in [2.05, 4.69) is 52.5 Å². The number of carbonyl (C=O) groups excluding carboxylic acids is 1. The maximum atomic E-state index is 12.2. The summed E-state index contributed by atoms with van der Waals surface area (Å²) in [6, 6.07) is 2.20. The zero-order valence-electron chi connectivity index (χ0n) is 19.1. The molecule has 0 unspecified atom stereocenters. The zero-order valence-corrected chi connectivity index (χ0v) is 19.1. The molecule has 0 N–H and O–H groups in total. The minimum absolute atomic E-state index is 0.124. The lowest BCUT2D eigenvalue weighted by atomic mass is 9.89. The van der Waals surface area contributed by atoms with Crippen LogP contribution in [-0.4, -0.2) is 60.3 Å². The molecular weight excluding hydrogens is 372 g/mol. The van der Waals surface area contributed by atoms with Crippen LogP contribution in [0.1, 0.15) is 58.8 Å². The van der Waals surface area contributed by atoms with E-state index in [1.807, 2.05) is 7.05 Å². The fraction of sp³-hybridized carbons (Fsp3) is 0.600. The molecule has 5 heteroatoms. The Balaban J connectivity index is 2.05. The topological polar surface area (TPSA) is 50.6 Å². The quantitative estimate of drug-likeness (QED) is 0.367. The van der Waals surface area contributed by atoms with Crippen molar-refractivity contribution < 1.29 is 4.79 Å². The van der Waals surface area contributed by atoms with Crippen LogP contribution < -0.4 is 0 Å². The smallest absolute Gasteiger partial charge is 0.175 e. The molecule has 0 aromatic rings. The molecule has 5 nitrogen and oxygen atoms in total. The van der Waals surface area contributed by atoms with E-state index in [-0.39, 0.29) is 5.78 Å². The molecule has 1 aliphatic heterocycles. The van der Waals surface area contributed by atoms with Gasteiger partial charge < -0.3 is 14.7 Å². The van der Waals surface area contributed by atoms with Crippen LogP contribution in [0.5, 0.6) is 0 Å². The number of nitriles is 1. The first kappa shape index (κ1) is 24.0. The Bertz CT molecular complexity index is 735. The summed E-state index contributed by atoms with van der Waals surface area (Å²) in [6.07, 6.45) is 13.9. The van der Waals surface area contributed by atoms with Gasteiger partial charge in [0.15, 0.2) is 5.78 Å². The number of allylic oxidation sites excluding steroid dienone is 4. The Kier molecular flexibility index (Phi) is 9.89. The van der Waals surface area contributed by atoms with E-state index < -0.39 is 0 Å². The molecule has 30 heavy (non-hydrogen) atoms. The molecule has 1 heterocycles. The molecule has 1 saturated heterocycles. The van der Waals surface area contributed by atoms with Crippen molar-refractivity contribution in [3.63, 3.8) is 0 Å². The van der Waals surface area contributed by atoms with Gasteiger partial charge in [-0.1, -0.05) is 32.1 Å². The second kappa shape index (κ2) is 12.4. The van der Waals surface area contributed by atoms with Gasteiger partial charge in [-0.3, -0.25) is 4.79 Å². The van der Waals surface area contributed by atoms with Gasteiger partial charge in [0.25, 0.3) is 0 Å². The maximum absolute atomic E-state index is 12.2. The number of piperazine rings is 1. The number of hydrogen-bond acceptors (Lipinski definition) is 5. The monoisotopic (exact) mass is 410 g/mol. The van der Waals surface area contributed by atoms with E-state index >= 15 is 0 Å². The van der Waals surface area contributed by atoms with Gasteiger partial charge in [0.2, 0.25) is 0 Å². The van der Waals surface area contributed by atoms with Gasteiger partial charge >= 0.3 is 0 Å². The highest BCUT2D eigenvalue weighted by atomic mass is 16.1. The molecule has 0 aromatic heterocycles. The summed E-state index contributed by atoms with van der Waals surface area (Å²) < 4.78 is 0. The first-order valence-corrected chi connectivity index (χ1v) is 11.3. The molecular formula is C25H38N4O. The average Bonchev–Trinajstić information content (AvgIpc) is 2.67. The number of likely N-dealkylation sites (N-methyl/N-ethyl adjacent to an activating group) is 1. The number of carbonyl (C=O) groups is 1. The van der Waals surface area contributed by atoms with Crippen LogP contribution in [0.25, 0.3) is 0 Å². The second-order valence-electron chi connectivity index (χ2n) is 8.34. The Hall–Kier alpha value is -2.32. The summed E-state index contributed by atoms with van der Waals surface area (Å²) in [5, 5.41) is 8.75. The summed E-state index contributed by atoms with van der Waals surface area (Å²) in [6.45, 7) is 12.2. The highest BCUT2D eigenvalue weighted by Gasteiger charge is 2.26. The SMILES string of the molecule is C=C1CN(C(/C=C/CN(C)CCC#N)=C2CCC2)CCN1/C(=C\CCCC)C(C)=O. The normalized spacial score (nSPS) is 17.5. The molecule has 164 valence electrons. The molecule has 1 aliphatic carbocycles. The van der Waals surface area contributed by atoms with Gasteiger partial charge in [-0.15, -0.1) is 0 Å². The van der Waals surface area contributed by atoms with Crippen molar-refractivity contribution in [2.45, 2.75) is 58.8 Å². The Labute approximate surface area is 183 Å². The summed E-state index contributed by atoms with van der Waals surface area (Å²) >= 11 is 0. The average molecular weight is 411 g/mol. The molecule has 2 aliphatic rings. The predicted octanol–water partition coefficient (Wildman–Crippen LogP) is 4.62. The van der Waals surface area contributed by atoms with Gasteiger partial charge in [-0.25, -0.2) is 0 Å². The summed E-state index contributed by atoms with van der Waals surface area (Å²) in [5.74, 6) is 0.124. The van der Waals surface area contributed by atoms with Gasteiger partial charge in [-0.05, 0) is 50.8 Å². The largest absolute Gasteiger partial charge is 0.364 e. The van der Waals surface area contributed by atoms with Crippen molar-refractivity contribution in [2.24, 2.45) is 0 Å². The van der Waals surface area contributed by atoms with Crippen molar-refractivity contribution >= 4 is 5.78 Å². The number of hydrogen-bond donors (Lipinski definition) is 0. The van der Waals surface area contributed by atoms with Gasteiger partial charge in [0.1, 0.15) is 0 Å². The van der Waals surface area contributed by atoms with Crippen LogP contribution in [0, 0.1) is 11.3 Å². The van der Waals surface area contributed by atoms with E-state index in [1.165, 1.54) is 30.5 Å². The van der Waals surface area contributed by atoms with Crippen LogP contribution in [-0.2, 0) is 4.79 Å². The molecule has 1 saturated carbocycles. The highest BCUT2D eigenvalue weighted by molar-refractivity contribution is 5.93. The second-order valence-corrected chi connectivity index (χ2v) is 8.34. The molecule has 0 atom stereocenters. The molecule has 2 fully saturated rings. The van der Waals surface area contributed by atoms with Crippen LogP contribution in [0.3, 0.4) is 0 Å². The summed E-state index contributed by atoms with van der Waals surface area (Å²) in [4.78, 5) is 18.9. The number of Topliss-reactive ketones (excluding diaryl/α,β-unsaturated/α-hetero) is 1. The third-order valence-electron chi connectivity index (χ3n) is 5.85. The first-order valence-electron chi connectivity index (χ1n) is 11.3. The van der Waals surface area contributed by atoms with Crippen LogP contribution >= 0.6 is 0 Å². The summed E-state index contributed by atoms with van der Waals surface area (Å²) in [7, 11) is 2.05. The zero-order chi connectivity index (χ0) is 21.9. The molecule has 0 aromatic carbocycles. The fourth-order valence-corrected chi connectivity index (χ4v) is 3.88. The Morgan fingerprint density at radius 3 is 2.67 bits per heavy atom. The molecule has 0 spiro atoms. The van der Waals surface area contributed by atoms with Crippen LogP contribution in [0.2, 0.25) is 0 Å². The highest BCUT2D eigenvalue weighted by Crippen LogP contribution is 2.32. The van der Waals surface area contributed by atoms with E-state index in [0.29, 0.717) is 6.42 Å². The number of rotatable bonds is 11. The van der Waals surface area contributed by atoms with E-state index in [4.69, 9.17) is 5.26 Å². The fourth-order valence-electron chi connectivity index (χ4n) is 3.88.